The van der Waals surface area contributed by atoms with Crippen molar-refractivity contribution in [3.8, 4) is 16.2 Å². The minimum atomic E-state index is -3.52. The van der Waals surface area contributed by atoms with Gasteiger partial charge >= 0.3 is 11.9 Å². The van der Waals surface area contributed by atoms with Gasteiger partial charge in [-0.2, -0.15) is 0 Å². The highest BCUT2D eigenvalue weighted by Gasteiger charge is 2.29. The molecule has 43 heavy (non-hydrogen) atoms. The minimum absolute atomic E-state index is 0.0534. The number of thiophene rings is 1. The summed E-state index contributed by atoms with van der Waals surface area (Å²) in [4.78, 5) is 25.7. The average molecular weight is 698 g/mol. The molecule has 232 valence electrons. The van der Waals surface area contributed by atoms with E-state index in [1.807, 2.05) is 24.3 Å². The first-order valence-corrected chi connectivity index (χ1v) is 16.8. The Morgan fingerprint density at radius 1 is 1.12 bits per heavy atom. The number of nitrogens with zero attached hydrogens (tertiary/aromatic N) is 1. The zero-order valence-corrected chi connectivity index (χ0v) is 27.5. The van der Waals surface area contributed by atoms with Crippen LogP contribution in [0.3, 0.4) is 0 Å². The van der Waals surface area contributed by atoms with Crippen LogP contribution in [-0.4, -0.2) is 63.1 Å². The molecule has 0 unspecified atom stereocenters. The molecule has 1 saturated heterocycles. The number of hydrogen-bond donors (Lipinski definition) is 1. The summed E-state index contributed by atoms with van der Waals surface area (Å²) in [5.41, 5.74) is 1.51. The maximum absolute atomic E-state index is 13.2. The molecule has 9 nitrogen and oxygen atoms in total. The fraction of sp³-hybridized carbons (Fsp3) is 0.400. The van der Waals surface area contributed by atoms with Crippen molar-refractivity contribution in [2.75, 3.05) is 32.1 Å². The number of methoxy groups -OCH3 is 1. The van der Waals surface area contributed by atoms with Gasteiger partial charge in [-0.25, -0.2) is 26.7 Å². The van der Waals surface area contributed by atoms with Crippen molar-refractivity contribution in [1.29, 1.82) is 0 Å². The van der Waals surface area contributed by atoms with E-state index in [0.29, 0.717) is 40.8 Å². The third-order valence-corrected chi connectivity index (χ3v) is 10.6. The van der Waals surface area contributed by atoms with E-state index < -0.39 is 33.4 Å². The SMILES string of the molecule is COC(=O)c1sc(-c2cccc(NC3CCN(S(=O)(=O)Cc4ccc(F)cc4)CC3)c2)c(Br)c1OCC(=O)OC(C)(C)C. The lowest BCUT2D eigenvalue weighted by Gasteiger charge is -2.32. The maximum atomic E-state index is 13.2. The van der Waals surface area contributed by atoms with Gasteiger partial charge < -0.3 is 19.5 Å². The molecule has 0 spiro atoms. The summed E-state index contributed by atoms with van der Waals surface area (Å²) < 4.78 is 57.0. The topological polar surface area (TPSA) is 111 Å². The molecule has 1 fully saturated rings. The second-order valence-corrected chi connectivity index (χ2v) is 14.8. The zero-order chi connectivity index (χ0) is 31.4. The number of sulfonamides is 1. The van der Waals surface area contributed by atoms with E-state index in [1.165, 1.54) is 47.0 Å². The summed E-state index contributed by atoms with van der Waals surface area (Å²) in [6.07, 6.45) is 1.23. The highest BCUT2D eigenvalue weighted by molar-refractivity contribution is 9.10. The Labute approximate surface area is 263 Å². The van der Waals surface area contributed by atoms with Crippen LogP contribution in [-0.2, 0) is 30.0 Å². The van der Waals surface area contributed by atoms with Crippen LogP contribution in [0.25, 0.3) is 10.4 Å². The number of anilines is 1. The Bertz CT molecular complexity index is 1560. The molecule has 0 bridgehead atoms. The van der Waals surface area contributed by atoms with Gasteiger partial charge in [0.2, 0.25) is 10.0 Å². The van der Waals surface area contributed by atoms with Crippen LogP contribution >= 0.6 is 27.3 Å². The number of piperidine rings is 1. The van der Waals surface area contributed by atoms with Gasteiger partial charge in [-0.15, -0.1) is 11.3 Å². The molecular formula is C30H34BrFN2O7S2. The van der Waals surface area contributed by atoms with Crippen LogP contribution < -0.4 is 10.1 Å². The number of halogens is 2. The zero-order valence-electron chi connectivity index (χ0n) is 24.3. The number of hydrogen-bond acceptors (Lipinski definition) is 9. The third-order valence-electron chi connectivity index (χ3n) is 6.54. The van der Waals surface area contributed by atoms with Gasteiger partial charge in [0.05, 0.1) is 22.2 Å². The second-order valence-electron chi connectivity index (χ2n) is 11.1. The van der Waals surface area contributed by atoms with Gasteiger partial charge in [0, 0.05) is 24.8 Å². The maximum Gasteiger partial charge on any atom is 0.351 e. The Morgan fingerprint density at radius 3 is 2.42 bits per heavy atom. The summed E-state index contributed by atoms with van der Waals surface area (Å²) in [5, 5.41) is 3.50. The molecule has 1 aromatic heterocycles. The molecule has 4 rings (SSSR count). The van der Waals surface area contributed by atoms with Gasteiger partial charge in [-0.1, -0.05) is 24.3 Å². The smallest absolute Gasteiger partial charge is 0.351 e. The predicted molar refractivity (Wildman–Crippen MR) is 167 cm³/mol. The molecule has 13 heteroatoms. The third kappa shape index (κ3) is 8.78. The molecule has 1 N–H and O–H groups in total. The molecule has 3 aromatic rings. The lowest BCUT2D eigenvalue weighted by atomic mass is 10.1. The normalized spacial score (nSPS) is 14.7. The van der Waals surface area contributed by atoms with Crippen molar-refractivity contribution in [1.82, 2.24) is 4.31 Å². The molecule has 1 aliphatic heterocycles. The Hall–Kier alpha value is -3.00. The van der Waals surface area contributed by atoms with E-state index in [4.69, 9.17) is 14.2 Å². The largest absolute Gasteiger partial charge is 0.479 e. The summed E-state index contributed by atoms with van der Waals surface area (Å²) in [6.45, 7) is 5.63. The summed E-state index contributed by atoms with van der Waals surface area (Å²) in [6, 6.07) is 13.2. The first kappa shape index (κ1) is 32.9. The number of carbonyl (C=O) groups is 2. The Kier molecular flexibility index (Phi) is 10.5. The van der Waals surface area contributed by atoms with Gasteiger partial charge in [0.15, 0.2) is 17.2 Å². The van der Waals surface area contributed by atoms with Crippen LogP contribution in [0.5, 0.6) is 5.75 Å². The lowest BCUT2D eigenvalue weighted by molar-refractivity contribution is -0.157. The van der Waals surface area contributed by atoms with Gasteiger partial charge in [-0.3, -0.25) is 0 Å². The van der Waals surface area contributed by atoms with Crippen molar-refractivity contribution in [3.05, 3.63) is 69.3 Å². The molecule has 1 aliphatic rings. The monoisotopic (exact) mass is 696 g/mol. The quantitative estimate of drug-likeness (QED) is 0.249. The number of ether oxygens (including phenoxy) is 3. The van der Waals surface area contributed by atoms with Crippen LogP contribution in [0, 0.1) is 5.82 Å². The van der Waals surface area contributed by atoms with Crippen LogP contribution in [0.4, 0.5) is 10.1 Å². The van der Waals surface area contributed by atoms with E-state index in [1.54, 1.807) is 20.8 Å². The van der Waals surface area contributed by atoms with E-state index in [-0.39, 0.29) is 29.0 Å². The summed E-state index contributed by atoms with van der Waals surface area (Å²) in [5.74, 6) is -1.53. The van der Waals surface area contributed by atoms with Gasteiger partial charge in [0.25, 0.3) is 0 Å². The molecule has 0 atom stereocenters. The van der Waals surface area contributed by atoms with Crippen LogP contribution in [0.15, 0.2) is 53.0 Å². The second kappa shape index (κ2) is 13.7. The lowest BCUT2D eigenvalue weighted by Crippen LogP contribution is -2.42. The number of benzene rings is 2. The van der Waals surface area contributed by atoms with Crippen molar-refractivity contribution in [2.24, 2.45) is 0 Å². The summed E-state index contributed by atoms with van der Waals surface area (Å²) in [7, 11) is -2.25. The minimum Gasteiger partial charge on any atom is -0.479 e. The molecule has 0 radical (unpaired) electrons. The predicted octanol–water partition coefficient (Wildman–Crippen LogP) is 6.23. The standard InChI is InChI=1S/C30H34BrFN2O7S2/c1-30(2,3)41-24(35)17-40-26-25(31)27(42-28(26)29(36)39-4)20-6-5-7-23(16-20)33-22-12-14-34(15-13-22)43(37,38)18-19-8-10-21(32)11-9-19/h5-11,16,22,33H,12-15,17-18H2,1-4H3. The van der Waals surface area contributed by atoms with Crippen LogP contribution in [0.2, 0.25) is 0 Å². The molecule has 0 aliphatic carbocycles. The molecule has 2 aromatic carbocycles. The van der Waals surface area contributed by atoms with Crippen molar-refractivity contribution >= 4 is 54.9 Å². The molecule has 0 amide bonds. The van der Waals surface area contributed by atoms with E-state index in [0.717, 1.165) is 11.3 Å². The van der Waals surface area contributed by atoms with Crippen molar-refractivity contribution < 1.29 is 36.6 Å². The Morgan fingerprint density at radius 2 is 1.79 bits per heavy atom. The van der Waals surface area contributed by atoms with E-state index >= 15 is 0 Å². The number of carbonyl (C=O) groups excluding carboxylic acids is 2. The molecular weight excluding hydrogens is 663 g/mol. The van der Waals surface area contributed by atoms with E-state index in [2.05, 4.69) is 21.2 Å². The highest BCUT2D eigenvalue weighted by atomic mass is 79.9. The highest BCUT2D eigenvalue weighted by Crippen LogP contribution is 2.46. The number of esters is 2. The van der Waals surface area contributed by atoms with Gasteiger partial charge in [0.1, 0.15) is 11.4 Å². The van der Waals surface area contributed by atoms with E-state index in [9.17, 15) is 22.4 Å². The first-order valence-electron chi connectivity index (χ1n) is 13.6. The number of rotatable bonds is 10. The van der Waals surface area contributed by atoms with Crippen LogP contribution in [0.1, 0.15) is 48.8 Å². The Balaban J connectivity index is 1.43. The molecule has 0 saturated carbocycles. The van der Waals surface area contributed by atoms with Crippen molar-refractivity contribution in [2.45, 2.75) is 51.0 Å². The van der Waals surface area contributed by atoms with Crippen molar-refractivity contribution in [3.63, 3.8) is 0 Å². The fourth-order valence-electron chi connectivity index (χ4n) is 4.59. The number of nitrogens with one attached hydrogen (secondary N) is 1. The summed E-state index contributed by atoms with van der Waals surface area (Å²) >= 11 is 4.72. The fourth-order valence-corrected chi connectivity index (χ4v) is 8.12. The van der Waals surface area contributed by atoms with Gasteiger partial charge in [-0.05, 0) is 84.9 Å². The first-order chi connectivity index (χ1) is 20.3. The molecule has 2 heterocycles. The average Bonchev–Trinajstić information content (AvgIpc) is 3.28.